The van der Waals surface area contributed by atoms with Crippen LogP contribution in [0.3, 0.4) is 0 Å². The molecule has 1 aromatic rings. The van der Waals surface area contributed by atoms with E-state index >= 15 is 0 Å². The summed E-state index contributed by atoms with van der Waals surface area (Å²) in [6, 6.07) is 2.55. The van der Waals surface area contributed by atoms with Gasteiger partial charge in [0.05, 0.1) is 0 Å². The average Bonchev–Trinajstić information content (AvgIpc) is 2.70. The molecule has 0 aliphatic heterocycles. The zero-order valence-corrected chi connectivity index (χ0v) is 13.6. The molecule has 0 aliphatic rings. The van der Waals surface area contributed by atoms with Crippen molar-refractivity contribution in [1.82, 2.24) is 10.2 Å². The number of thiophene rings is 1. The van der Waals surface area contributed by atoms with Gasteiger partial charge in [-0.3, -0.25) is 4.79 Å². The molecule has 0 spiro atoms. The molecule has 1 amide bonds. The molecule has 1 unspecified atom stereocenters. The molecular weight excluding hydrogens is 256 g/mol. The highest BCUT2D eigenvalue weighted by Crippen LogP contribution is 2.25. The molecule has 1 N–H and O–H groups in total. The van der Waals surface area contributed by atoms with Crippen molar-refractivity contribution in [3.8, 4) is 0 Å². The number of amides is 1. The van der Waals surface area contributed by atoms with E-state index in [1.807, 2.05) is 30.1 Å². The van der Waals surface area contributed by atoms with Crippen LogP contribution in [0.4, 0.5) is 0 Å². The quantitative estimate of drug-likeness (QED) is 0.832. The van der Waals surface area contributed by atoms with Gasteiger partial charge in [-0.1, -0.05) is 0 Å². The second kappa shape index (κ2) is 7.65. The number of carbonyl (C=O) groups is 1. The van der Waals surface area contributed by atoms with Crippen LogP contribution in [0, 0.1) is 13.8 Å². The van der Waals surface area contributed by atoms with E-state index in [0.717, 1.165) is 19.6 Å². The lowest BCUT2D eigenvalue weighted by atomic mass is 10.1. The first-order valence-corrected chi connectivity index (χ1v) is 7.89. The van der Waals surface area contributed by atoms with Crippen molar-refractivity contribution in [1.29, 1.82) is 0 Å². The van der Waals surface area contributed by atoms with Crippen LogP contribution in [0.1, 0.15) is 48.6 Å². The number of hydrogen-bond donors (Lipinski definition) is 1. The fraction of sp³-hybridized carbons (Fsp3) is 0.667. The molecule has 0 aromatic carbocycles. The van der Waals surface area contributed by atoms with Gasteiger partial charge in [0.15, 0.2) is 0 Å². The van der Waals surface area contributed by atoms with Crippen molar-refractivity contribution in [2.45, 2.75) is 47.1 Å². The summed E-state index contributed by atoms with van der Waals surface area (Å²) in [6.07, 6.45) is 0.578. The molecule has 1 heterocycles. The van der Waals surface area contributed by atoms with E-state index in [9.17, 15) is 4.79 Å². The fourth-order valence-corrected chi connectivity index (χ4v) is 3.34. The molecule has 1 aromatic heterocycles. The molecular formula is C15H26N2OS. The van der Waals surface area contributed by atoms with E-state index in [2.05, 4.69) is 32.2 Å². The Labute approximate surface area is 121 Å². The predicted octanol–water partition coefficient (Wildman–Crippen LogP) is 3.27. The highest BCUT2D eigenvalue weighted by atomic mass is 32.1. The lowest BCUT2D eigenvalue weighted by Crippen LogP contribution is -2.33. The van der Waals surface area contributed by atoms with Crippen LogP contribution in [-0.4, -0.2) is 30.4 Å². The van der Waals surface area contributed by atoms with Crippen LogP contribution in [-0.2, 0) is 4.79 Å². The molecule has 108 valence electrons. The summed E-state index contributed by atoms with van der Waals surface area (Å²) in [5.74, 6) is 0.239. The summed E-state index contributed by atoms with van der Waals surface area (Å²) in [5, 5.41) is 3.45. The van der Waals surface area contributed by atoms with Gasteiger partial charge >= 0.3 is 0 Å². The van der Waals surface area contributed by atoms with Crippen molar-refractivity contribution in [3.63, 3.8) is 0 Å². The van der Waals surface area contributed by atoms with E-state index < -0.39 is 0 Å². The Morgan fingerprint density at radius 3 is 2.47 bits per heavy atom. The molecule has 1 rings (SSSR count). The number of carbonyl (C=O) groups excluding carboxylic acids is 1. The molecule has 0 fully saturated rings. The Morgan fingerprint density at radius 2 is 2.00 bits per heavy atom. The van der Waals surface area contributed by atoms with Crippen molar-refractivity contribution in [3.05, 3.63) is 21.4 Å². The van der Waals surface area contributed by atoms with E-state index in [1.54, 1.807) is 0 Å². The maximum atomic E-state index is 11.9. The first-order chi connectivity index (χ1) is 8.99. The molecule has 0 bridgehead atoms. The van der Waals surface area contributed by atoms with E-state index in [1.165, 1.54) is 15.3 Å². The summed E-state index contributed by atoms with van der Waals surface area (Å²) >= 11 is 1.83. The second-order valence-electron chi connectivity index (χ2n) is 4.86. The standard InChI is InChI=1S/C15H26N2OS/c1-6-17(7-2)15(18)8-9-16-12(4)14-10-11(3)19-13(14)5/h10,12,16H,6-9H2,1-5H3. The lowest BCUT2D eigenvalue weighted by molar-refractivity contribution is -0.130. The van der Waals surface area contributed by atoms with Crippen molar-refractivity contribution < 1.29 is 4.79 Å². The van der Waals surface area contributed by atoms with E-state index in [-0.39, 0.29) is 5.91 Å². The summed E-state index contributed by atoms with van der Waals surface area (Å²) in [4.78, 5) is 16.5. The van der Waals surface area contributed by atoms with E-state index in [0.29, 0.717) is 12.5 Å². The highest BCUT2D eigenvalue weighted by Gasteiger charge is 2.13. The maximum absolute atomic E-state index is 11.9. The second-order valence-corrected chi connectivity index (χ2v) is 6.32. The molecule has 19 heavy (non-hydrogen) atoms. The Balaban J connectivity index is 2.41. The van der Waals surface area contributed by atoms with Gasteiger partial charge in [0.1, 0.15) is 0 Å². The Morgan fingerprint density at radius 1 is 1.37 bits per heavy atom. The zero-order valence-electron chi connectivity index (χ0n) is 12.7. The van der Waals surface area contributed by atoms with Crippen LogP contribution in [0.15, 0.2) is 6.07 Å². The highest BCUT2D eigenvalue weighted by molar-refractivity contribution is 7.12. The third-order valence-corrected chi connectivity index (χ3v) is 4.43. The molecule has 0 saturated carbocycles. The molecule has 0 aliphatic carbocycles. The van der Waals surface area contributed by atoms with Gasteiger partial charge in [-0.15, -0.1) is 11.3 Å². The minimum atomic E-state index is 0.239. The summed E-state index contributed by atoms with van der Waals surface area (Å²) in [7, 11) is 0. The number of aryl methyl sites for hydroxylation is 2. The van der Waals surface area contributed by atoms with Crippen molar-refractivity contribution >= 4 is 17.2 Å². The minimum Gasteiger partial charge on any atom is -0.343 e. The molecule has 3 nitrogen and oxygen atoms in total. The Kier molecular flexibility index (Phi) is 6.52. The van der Waals surface area contributed by atoms with Gasteiger partial charge in [0.2, 0.25) is 5.91 Å². The van der Waals surface area contributed by atoms with Crippen LogP contribution in [0.2, 0.25) is 0 Å². The van der Waals surface area contributed by atoms with Gasteiger partial charge in [-0.25, -0.2) is 0 Å². The van der Waals surface area contributed by atoms with Crippen LogP contribution in [0.25, 0.3) is 0 Å². The van der Waals surface area contributed by atoms with E-state index in [4.69, 9.17) is 0 Å². The van der Waals surface area contributed by atoms with Gasteiger partial charge in [0.25, 0.3) is 0 Å². The first kappa shape index (κ1) is 16.2. The summed E-state index contributed by atoms with van der Waals surface area (Å²) < 4.78 is 0. The van der Waals surface area contributed by atoms with Crippen LogP contribution >= 0.6 is 11.3 Å². The van der Waals surface area contributed by atoms with Crippen molar-refractivity contribution in [2.75, 3.05) is 19.6 Å². The third kappa shape index (κ3) is 4.62. The Hall–Kier alpha value is -0.870. The molecule has 0 radical (unpaired) electrons. The van der Waals surface area contributed by atoms with Gasteiger partial charge in [0, 0.05) is 41.9 Å². The predicted molar refractivity (Wildman–Crippen MR) is 82.8 cm³/mol. The number of nitrogens with one attached hydrogen (secondary N) is 1. The largest absolute Gasteiger partial charge is 0.343 e. The van der Waals surface area contributed by atoms with Gasteiger partial charge < -0.3 is 10.2 Å². The number of rotatable bonds is 7. The molecule has 0 saturated heterocycles. The normalized spacial score (nSPS) is 12.5. The molecule has 1 atom stereocenters. The first-order valence-electron chi connectivity index (χ1n) is 7.07. The SMILES string of the molecule is CCN(CC)C(=O)CCNC(C)c1cc(C)sc1C. The minimum absolute atomic E-state index is 0.239. The Bertz CT molecular complexity index is 410. The fourth-order valence-electron chi connectivity index (χ4n) is 2.32. The summed E-state index contributed by atoms with van der Waals surface area (Å²) in [5.41, 5.74) is 1.36. The smallest absolute Gasteiger partial charge is 0.223 e. The van der Waals surface area contributed by atoms with Crippen LogP contribution in [0.5, 0.6) is 0 Å². The molecule has 4 heteroatoms. The lowest BCUT2D eigenvalue weighted by Gasteiger charge is -2.19. The summed E-state index contributed by atoms with van der Waals surface area (Å²) in [6.45, 7) is 12.8. The number of hydrogen-bond acceptors (Lipinski definition) is 3. The average molecular weight is 282 g/mol. The third-order valence-electron chi connectivity index (χ3n) is 3.45. The number of nitrogens with zero attached hydrogens (tertiary/aromatic N) is 1. The van der Waals surface area contributed by atoms with Crippen LogP contribution < -0.4 is 5.32 Å². The topological polar surface area (TPSA) is 32.3 Å². The zero-order chi connectivity index (χ0) is 14.4. The maximum Gasteiger partial charge on any atom is 0.223 e. The van der Waals surface area contributed by atoms with Gasteiger partial charge in [-0.05, 0) is 46.2 Å². The van der Waals surface area contributed by atoms with Crippen molar-refractivity contribution in [2.24, 2.45) is 0 Å². The van der Waals surface area contributed by atoms with Gasteiger partial charge in [-0.2, -0.15) is 0 Å². The monoisotopic (exact) mass is 282 g/mol.